The van der Waals surface area contributed by atoms with Gasteiger partial charge < -0.3 is 4.42 Å². The molecule has 0 N–H and O–H groups in total. The molecule has 0 unspecified atom stereocenters. The second kappa shape index (κ2) is 13.1. The highest BCUT2D eigenvalue weighted by Gasteiger charge is 2.18. The highest BCUT2D eigenvalue weighted by molar-refractivity contribution is 7.25. The Labute approximate surface area is 337 Å². The van der Waals surface area contributed by atoms with Crippen LogP contribution in [-0.2, 0) is 0 Å². The first kappa shape index (κ1) is 32.7. The average molecular weight is 758 g/mol. The molecule has 0 saturated carbocycles. The molecular weight excluding hydrogens is 727 g/mol. The van der Waals surface area contributed by atoms with Crippen LogP contribution >= 0.6 is 11.3 Å². The Kier molecular flexibility index (Phi) is 7.37. The largest absolute Gasteiger partial charge is 0.456 e. The summed E-state index contributed by atoms with van der Waals surface area (Å²) in [7, 11) is 0. The lowest BCUT2D eigenvalue weighted by Crippen LogP contribution is -2.00. The fourth-order valence-electron chi connectivity index (χ4n) is 8.32. The molecule has 0 saturated heterocycles. The molecule has 58 heavy (non-hydrogen) atoms. The summed E-state index contributed by atoms with van der Waals surface area (Å²) in [6.07, 6.45) is 0. The molecule has 270 valence electrons. The lowest BCUT2D eigenvalue weighted by Gasteiger charge is -2.13. The number of thiophene rings is 1. The summed E-state index contributed by atoms with van der Waals surface area (Å²) in [6, 6.07) is 66.6. The molecule has 0 radical (unpaired) electrons. The van der Waals surface area contributed by atoms with E-state index in [1.165, 1.54) is 41.7 Å². The maximum absolute atomic E-state index is 6.35. The fraction of sp³-hybridized carbons (Fsp3) is 0. The molecule has 12 aromatic rings. The van der Waals surface area contributed by atoms with Crippen LogP contribution in [0.15, 0.2) is 192 Å². The van der Waals surface area contributed by atoms with Crippen LogP contribution in [0.3, 0.4) is 0 Å². The highest BCUT2D eigenvalue weighted by atomic mass is 32.1. The monoisotopic (exact) mass is 757 g/mol. The molecule has 0 aliphatic carbocycles. The Morgan fingerprint density at radius 1 is 0.293 bits per heavy atom. The van der Waals surface area contributed by atoms with Crippen molar-refractivity contribution in [2.24, 2.45) is 0 Å². The van der Waals surface area contributed by atoms with Gasteiger partial charge in [-0.3, -0.25) is 0 Å². The zero-order valence-corrected chi connectivity index (χ0v) is 31.9. The minimum absolute atomic E-state index is 0.584. The zero-order valence-electron chi connectivity index (χ0n) is 31.1. The molecule has 0 aliphatic heterocycles. The molecule has 0 bridgehead atoms. The van der Waals surface area contributed by atoms with Gasteiger partial charge in [-0.15, -0.1) is 11.3 Å². The number of rotatable bonds is 5. The third kappa shape index (κ3) is 5.55. The fourth-order valence-corrected chi connectivity index (χ4v) is 9.41. The number of benzene rings is 9. The second-order valence-electron chi connectivity index (χ2n) is 14.8. The lowest BCUT2D eigenvalue weighted by atomic mass is 9.93. The first-order valence-corrected chi connectivity index (χ1v) is 20.2. The minimum Gasteiger partial charge on any atom is -0.456 e. The lowest BCUT2D eigenvalue weighted by molar-refractivity contribution is 0.669. The molecule has 0 atom stereocenters. The topological polar surface area (TPSA) is 51.8 Å². The van der Waals surface area contributed by atoms with Gasteiger partial charge in [-0.25, -0.2) is 15.0 Å². The molecule has 4 nitrogen and oxygen atoms in total. The maximum atomic E-state index is 6.35. The van der Waals surface area contributed by atoms with Crippen LogP contribution < -0.4 is 0 Å². The van der Waals surface area contributed by atoms with E-state index in [0.717, 1.165) is 60.9 Å². The van der Waals surface area contributed by atoms with Crippen molar-refractivity contribution in [3.05, 3.63) is 188 Å². The van der Waals surface area contributed by atoms with E-state index >= 15 is 0 Å². The summed E-state index contributed by atoms with van der Waals surface area (Å²) >= 11 is 1.80. The van der Waals surface area contributed by atoms with E-state index in [1.807, 2.05) is 18.2 Å². The number of furan rings is 1. The second-order valence-corrected chi connectivity index (χ2v) is 15.9. The number of hydrogen-bond donors (Lipinski definition) is 0. The molecule has 0 aliphatic rings. The van der Waals surface area contributed by atoms with E-state index < -0.39 is 0 Å². The van der Waals surface area contributed by atoms with Crippen LogP contribution in [0.2, 0.25) is 0 Å². The van der Waals surface area contributed by atoms with Crippen molar-refractivity contribution in [3.8, 4) is 56.4 Å². The summed E-state index contributed by atoms with van der Waals surface area (Å²) in [4.78, 5) is 15.8. The Morgan fingerprint density at radius 2 is 0.793 bits per heavy atom. The number of nitrogens with zero attached hydrogens (tertiary/aromatic N) is 3. The van der Waals surface area contributed by atoms with Crippen LogP contribution in [-0.4, -0.2) is 15.0 Å². The average Bonchev–Trinajstić information content (AvgIpc) is 3.86. The van der Waals surface area contributed by atoms with Crippen molar-refractivity contribution >= 4 is 75.0 Å². The number of aromatic nitrogens is 3. The van der Waals surface area contributed by atoms with Gasteiger partial charge in [-0.1, -0.05) is 115 Å². The van der Waals surface area contributed by atoms with Gasteiger partial charge in [0.2, 0.25) is 0 Å². The number of fused-ring (bicyclic) bond motifs is 8. The van der Waals surface area contributed by atoms with Crippen molar-refractivity contribution in [3.63, 3.8) is 0 Å². The van der Waals surface area contributed by atoms with Gasteiger partial charge in [0.15, 0.2) is 17.5 Å². The summed E-state index contributed by atoms with van der Waals surface area (Å²) in [5.74, 6) is 1.80. The molecule has 5 heteroatoms. The molecule has 12 rings (SSSR count). The quantitative estimate of drug-likeness (QED) is 0.175. The Hall–Kier alpha value is -7.47. The summed E-state index contributed by atoms with van der Waals surface area (Å²) in [6.45, 7) is 0. The smallest absolute Gasteiger partial charge is 0.164 e. The standard InChI is InChI=1S/C53H31N3OS/c1-3-11-34-25-36(19-17-32(34)9-1)40-27-41(37-20-18-33-10-2-4-12-35(33)26-37)29-42(28-40)53-55-51(38-22-24-50-46(30-38)45-14-6-8-16-49(45)58-50)54-52(56-53)39-21-23-44-43-13-5-7-15-47(43)57-48(44)31-39/h1-31H. The van der Waals surface area contributed by atoms with E-state index in [4.69, 9.17) is 19.4 Å². The molecule has 9 aromatic carbocycles. The highest BCUT2D eigenvalue weighted by Crippen LogP contribution is 2.39. The van der Waals surface area contributed by atoms with Crippen LogP contribution in [0, 0.1) is 0 Å². The van der Waals surface area contributed by atoms with E-state index in [9.17, 15) is 0 Å². The van der Waals surface area contributed by atoms with Crippen molar-refractivity contribution in [1.29, 1.82) is 0 Å². The Bertz CT molecular complexity index is 3500. The summed E-state index contributed by atoms with van der Waals surface area (Å²) in [5, 5.41) is 9.39. The van der Waals surface area contributed by atoms with Crippen molar-refractivity contribution in [2.75, 3.05) is 0 Å². The molecule has 3 aromatic heterocycles. The van der Waals surface area contributed by atoms with Gasteiger partial charge in [0, 0.05) is 47.6 Å². The third-order valence-corrected chi connectivity index (χ3v) is 12.4. The van der Waals surface area contributed by atoms with Gasteiger partial charge in [0.1, 0.15) is 11.2 Å². The van der Waals surface area contributed by atoms with Crippen LogP contribution in [0.1, 0.15) is 0 Å². The molecular formula is C53H31N3OS. The summed E-state index contributed by atoms with van der Waals surface area (Å²) in [5.41, 5.74) is 8.79. The number of para-hydroxylation sites is 1. The first-order chi connectivity index (χ1) is 28.7. The van der Waals surface area contributed by atoms with Gasteiger partial charge in [0.25, 0.3) is 0 Å². The van der Waals surface area contributed by atoms with Crippen LogP contribution in [0.5, 0.6) is 0 Å². The SMILES string of the molecule is c1ccc2cc(-c3cc(-c4ccc5ccccc5c4)cc(-c4nc(-c5ccc6c(c5)oc5ccccc56)nc(-c5ccc6sc7ccccc7c6c5)n4)c3)ccc2c1. The van der Waals surface area contributed by atoms with E-state index in [0.29, 0.717) is 17.5 Å². The van der Waals surface area contributed by atoms with Crippen molar-refractivity contribution in [1.82, 2.24) is 15.0 Å². The number of hydrogen-bond acceptors (Lipinski definition) is 5. The minimum atomic E-state index is 0.584. The predicted octanol–water partition coefficient (Wildman–Crippen LogP) is 14.8. The van der Waals surface area contributed by atoms with Gasteiger partial charge >= 0.3 is 0 Å². The Balaban J connectivity index is 1.09. The first-order valence-electron chi connectivity index (χ1n) is 19.4. The van der Waals surface area contributed by atoms with Crippen LogP contribution in [0.4, 0.5) is 0 Å². The predicted molar refractivity (Wildman–Crippen MR) is 242 cm³/mol. The van der Waals surface area contributed by atoms with Crippen LogP contribution in [0.25, 0.3) is 120 Å². The zero-order chi connectivity index (χ0) is 38.2. The van der Waals surface area contributed by atoms with Gasteiger partial charge in [0.05, 0.1) is 0 Å². The third-order valence-electron chi connectivity index (χ3n) is 11.3. The van der Waals surface area contributed by atoms with Gasteiger partial charge in [-0.05, 0) is 117 Å². The van der Waals surface area contributed by atoms with E-state index in [1.54, 1.807) is 11.3 Å². The maximum Gasteiger partial charge on any atom is 0.164 e. The van der Waals surface area contributed by atoms with Crippen molar-refractivity contribution < 1.29 is 4.42 Å². The summed E-state index contributed by atoms with van der Waals surface area (Å²) < 4.78 is 8.84. The molecule has 0 amide bonds. The van der Waals surface area contributed by atoms with Gasteiger partial charge in [-0.2, -0.15) is 0 Å². The molecule has 3 heterocycles. The molecule has 0 spiro atoms. The normalized spacial score (nSPS) is 11.8. The van der Waals surface area contributed by atoms with E-state index in [-0.39, 0.29) is 0 Å². The Morgan fingerprint density at radius 3 is 1.50 bits per heavy atom. The molecule has 0 fully saturated rings. The van der Waals surface area contributed by atoms with E-state index in [2.05, 4.69) is 170 Å². The van der Waals surface area contributed by atoms with Crippen molar-refractivity contribution in [2.45, 2.75) is 0 Å².